The molecule has 3 rings (SSSR count). The lowest BCUT2D eigenvalue weighted by Gasteiger charge is -2.11. The molecular formula is C17H21ClN2O3. The molecule has 1 aromatic carbocycles. The van der Waals surface area contributed by atoms with E-state index in [1.165, 1.54) is 0 Å². The molecule has 0 saturated carbocycles. The minimum atomic E-state index is -0.573. The Morgan fingerprint density at radius 2 is 2.17 bits per heavy atom. The zero-order chi connectivity index (χ0) is 15.5. The molecule has 1 atom stereocenters. The number of benzene rings is 1. The highest BCUT2D eigenvalue weighted by atomic mass is 35.5. The van der Waals surface area contributed by atoms with Crippen LogP contribution < -0.4 is 16.3 Å². The quantitative estimate of drug-likeness (QED) is 0.840. The van der Waals surface area contributed by atoms with E-state index in [2.05, 4.69) is 10.6 Å². The van der Waals surface area contributed by atoms with Gasteiger partial charge in [-0.15, -0.1) is 12.4 Å². The minimum Gasteiger partial charge on any atom is -0.422 e. The van der Waals surface area contributed by atoms with Crippen LogP contribution in [-0.2, 0) is 0 Å². The van der Waals surface area contributed by atoms with Gasteiger partial charge in [-0.2, -0.15) is 0 Å². The summed E-state index contributed by atoms with van der Waals surface area (Å²) in [6, 6.07) is 7.26. The zero-order valence-electron chi connectivity index (χ0n) is 13.1. The van der Waals surface area contributed by atoms with Crippen LogP contribution in [0.2, 0.25) is 0 Å². The van der Waals surface area contributed by atoms with E-state index in [0.717, 1.165) is 31.3 Å². The summed E-state index contributed by atoms with van der Waals surface area (Å²) in [5.74, 6) is 0.261. The number of carbonyl (C=O) groups excluding carboxylic acids is 1. The maximum Gasteiger partial charge on any atom is 0.349 e. The van der Waals surface area contributed by atoms with Crippen LogP contribution in [0.4, 0.5) is 0 Å². The summed E-state index contributed by atoms with van der Waals surface area (Å²) in [6.45, 7) is 4.42. The van der Waals surface area contributed by atoms with Gasteiger partial charge in [0.2, 0.25) is 0 Å². The molecule has 5 nitrogen and oxygen atoms in total. The fourth-order valence-corrected chi connectivity index (χ4v) is 3.01. The predicted octanol–water partition coefficient (Wildman–Crippen LogP) is 2.25. The average molecular weight is 337 g/mol. The van der Waals surface area contributed by atoms with Crippen molar-refractivity contribution in [2.24, 2.45) is 5.92 Å². The molecule has 0 radical (unpaired) electrons. The molecular weight excluding hydrogens is 316 g/mol. The van der Waals surface area contributed by atoms with Gasteiger partial charge in [0.1, 0.15) is 11.1 Å². The summed E-state index contributed by atoms with van der Waals surface area (Å²) in [4.78, 5) is 24.4. The first-order chi connectivity index (χ1) is 10.7. The van der Waals surface area contributed by atoms with Gasteiger partial charge in [0, 0.05) is 11.9 Å². The van der Waals surface area contributed by atoms with Crippen LogP contribution in [0.15, 0.2) is 33.5 Å². The summed E-state index contributed by atoms with van der Waals surface area (Å²) in [7, 11) is 0. The Kier molecular flexibility index (Phi) is 5.80. The van der Waals surface area contributed by atoms with E-state index in [1.54, 1.807) is 19.1 Å². The maximum absolute atomic E-state index is 12.3. The Morgan fingerprint density at radius 1 is 1.39 bits per heavy atom. The molecule has 6 heteroatoms. The topological polar surface area (TPSA) is 71.3 Å². The molecule has 1 saturated heterocycles. The van der Waals surface area contributed by atoms with Gasteiger partial charge in [0.05, 0.1) is 0 Å². The summed E-state index contributed by atoms with van der Waals surface area (Å²) in [5, 5.41) is 6.95. The highest BCUT2D eigenvalue weighted by Gasteiger charge is 2.19. The fourth-order valence-electron chi connectivity index (χ4n) is 3.01. The van der Waals surface area contributed by atoms with Crippen molar-refractivity contribution in [2.75, 3.05) is 19.6 Å². The van der Waals surface area contributed by atoms with Crippen molar-refractivity contribution in [2.45, 2.75) is 19.8 Å². The van der Waals surface area contributed by atoms with Gasteiger partial charge in [0.15, 0.2) is 0 Å². The van der Waals surface area contributed by atoms with Crippen molar-refractivity contribution < 1.29 is 9.21 Å². The van der Waals surface area contributed by atoms with Crippen molar-refractivity contribution in [1.82, 2.24) is 10.6 Å². The average Bonchev–Trinajstić information content (AvgIpc) is 3.00. The van der Waals surface area contributed by atoms with Gasteiger partial charge in [-0.3, -0.25) is 4.79 Å². The lowest BCUT2D eigenvalue weighted by molar-refractivity contribution is 0.0947. The number of carbonyl (C=O) groups is 1. The molecule has 0 aliphatic carbocycles. The van der Waals surface area contributed by atoms with Crippen LogP contribution in [0.3, 0.4) is 0 Å². The molecule has 1 aliphatic rings. The summed E-state index contributed by atoms with van der Waals surface area (Å²) in [5.41, 5.74) is 0.727. The maximum atomic E-state index is 12.3. The number of hydrogen-bond acceptors (Lipinski definition) is 4. The van der Waals surface area contributed by atoms with Crippen LogP contribution in [0.1, 0.15) is 28.8 Å². The van der Waals surface area contributed by atoms with E-state index in [1.807, 2.05) is 12.1 Å². The predicted molar refractivity (Wildman–Crippen MR) is 92.4 cm³/mol. The van der Waals surface area contributed by atoms with Crippen molar-refractivity contribution >= 4 is 29.3 Å². The van der Waals surface area contributed by atoms with Gasteiger partial charge in [0.25, 0.3) is 5.91 Å². The Hall–Kier alpha value is -1.85. The minimum absolute atomic E-state index is 0. The van der Waals surface area contributed by atoms with E-state index in [-0.39, 0.29) is 23.9 Å². The van der Waals surface area contributed by atoms with E-state index in [9.17, 15) is 9.59 Å². The van der Waals surface area contributed by atoms with E-state index < -0.39 is 5.63 Å². The van der Waals surface area contributed by atoms with Crippen molar-refractivity contribution in [3.63, 3.8) is 0 Å². The van der Waals surface area contributed by atoms with Crippen molar-refractivity contribution in [1.29, 1.82) is 0 Å². The first-order valence-corrected chi connectivity index (χ1v) is 7.68. The third-order valence-corrected chi connectivity index (χ3v) is 4.30. The first kappa shape index (κ1) is 17.5. The van der Waals surface area contributed by atoms with Gasteiger partial charge in [-0.1, -0.05) is 18.2 Å². The van der Waals surface area contributed by atoms with E-state index >= 15 is 0 Å². The highest BCUT2D eigenvalue weighted by Crippen LogP contribution is 2.19. The lowest BCUT2D eigenvalue weighted by Crippen LogP contribution is -2.31. The van der Waals surface area contributed by atoms with Gasteiger partial charge >= 0.3 is 5.63 Å². The Morgan fingerprint density at radius 3 is 2.91 bits per heavy atom. The first-order valence-electron chi connectivity index (χ1n) is 7.68. The third kappa shape index (κ3) is 3.74. The number of nitrogens with one attached hydrogen (secondary N) is 2. The Balaban J connectivity index is 0.00000192. The van der Waals surface area contributed by atoms with Crippen LogP contribution in [0.5, 0.6) is 0 Å². The number of halogens is 1. The van der Waals surface area contributed by atoms with Crippen LogP contribution >= 0.6 is 12.4 Å². The van der Waals surface area contributed by atoms with Gasteiger partial charge < -0.3 is 15.1 Å². The molecule has 0 bridgehead atoms. The van der Waals surface area contributed by atoms with Crippen LogP contribution in [0, 0.1) is 12.8 Å². The molecule has 1 aromatic heterocycles. The third-order valence-electron chi connectivity index (χ3n) is 4.30. The molecule has 2 aromatic rings. The number of aryl methyl sites for hydroxylation is 1. The molecule has 1 unspecified atom stereocenters. The zero-order valence-corrected chi connectivity index (χ0v) is 13.9. The molecule has 0 spiro atoms. The monoisotopic (exact) mass is 336 g/mol. The smallest absolute Gasteiger partial charge is 0.349 e. The summed E-state index contributed by atoms with van der Waals surface area (Å²) in [6.07, 6.45) is 2.07. The molecule has 2 N–H and O–H groups in total. The van der Waals surface area contributed by atoms with Crippen LogP contribution in [0.25, 0.3) is 11.0 Å². The second kappa shape index (κ2) is 7.62. The normalized spacial score (nSPS) is 17.0. The van der Waals surface area contributed by atoms with Gasteiger partial charge in [-0.05, 0) is 50.4 Å². The fraction of sp³-hybridized carbons (Fsp3) is 0.412. The molecule has 1 fully saturated rings. The molecule has 23 heavy (non-hydrogen) atoms. The number of fused-ring (bicyclic) bond motifs is 1. The SMILES string of the molecule is Cc1c(C(=O)NCCC2CCNC2)c(=O)oc2ccccc12.Cl. The largest absolute Gasteiger partial charge is 0.422 e. The van der Waals surface area contributed by atoms with Crippen molar-refractivity contribution in [3.8, 4) is 0 Å². The van der Waals surface area contributed by atoms with Crippen LogP contribution in [-0.4, -0.2) is 25.5 Å². The Labute approximate surface area is 140 Å². The number of amides is 1. The molecule has 1 aliphatic heterocycles. The number of para-hydroxylation sites is 1. The summed E-state index contributed by atoms with van der Waals surface area (Å²) < 4.78 is 5.25. The van der Waals surface area contributed by atoms with Crippen molar-refractivity contribution in [3.05, 3.63) is 45.8 Å². The Bertz CT molecular complexity index is 751. The highest BCUT2D eigenvalue weighted by molar-refractivity contribution is 5.99. The summed E-state index contributed by atoms with van der Waals surface area (Å²) >= 11 is 0. The second-order valence-corrected chi connectivity index (χ2v) is 5.79. The molecule has 2 heterocycles. The number of hydrogen-bond donors (Lipinski definition) is 2. The van der Waals surface area contributed by atoms with E-state index in [4.69, 9.17) is 4.42 Å². The molecule has 124 valence electrons. The lowest BCUT2D eigenvalue weighted by atomic mass is 10.0. The van der Waals surface area contributed by atoms with Gasteiger partial charge in [-0.25, -0.2) is 4.79 Å². The number of rotatable bonds is 4. The molecule has 1 amide bonds. The standard InChI is InChI=1S/C17H20N2O3.ClH/c1-11-13-4-2-3-5-14(13)22-17(21)15(11)16(20)19-9-7-12-6-8-18-10-12;/h2-5,12,18H,6-10H2,1H3,(H,19,20);1H. The second-order valence-electron chi connectivity index (χ2n) is 5.79. The van der Waals surface area contributed by atoms with E-state index in [0.29, 0.717) is 23.6 Å².